The number of likely N-dealkylation sites (N-methyl/N-ethyl adjacent to an activating group) is 1. The first-order chi connectivity index (χ1) is 11.9. The molecule has 2 saturated heterocycles. The lowest BCUT2D eigenvalue weighted by Crippen LogP contribution is -2.53. The van der Waals surface area contributed by atoms with Crippen LogP contribution in [-0.4, -0.2) is 60.6 Å². The van der Waals surface area contributed by atoms with Gasteiger partial charge in [0.25, 0.3) is 5.91 Å². The van der Waals surface area contributed by atoms with Crippen molar-refractivity contribution in [2.75, 3.05) is 32.5 Å². The molecule has 1 spiro atoms. The van der Waals surface area contributed by atoms with E-state index in [1.807, 2.05) is 35.2 Å². The zero-order valence-electron chi connectivity index (χ0n) is 15.2. The number of nitrogens with one attached hydrogen (secondary N) is 1. The number of carbonyl (C=O) groups is 2. The van der Waals surface area contributed by atoms with Gasteiger partial charge in [-0.3, -0.25) is 4.79 Å². The second-order valence-electron chi connectivity index (χ2n) is 7.34. The van der Waals surface area contributed by atoms with Crippen molar-refractivity contribution in [3.63, 3.8) is 0 Å². The number of rotatable bonds is 2. The molecule has 2 aliphatic heterocycles. The van der Waals surface area contributed by atoms with E-state index >= 15 is 0 Å². The van der Waals surface area contributed by atoms with E-state index < -0.39 is 0 Å². The van der Waals surface area contributed by atoms with Crippen LogP contribution in [-0.2, 0) is 9.53 Å². The van der Waals surface area contributed by atoms with Crippen molar-refractivity contribution in [2.45, 2.75) is 37.9 Å². The largest absolute Gasteiger partial charge is 0.362 e. The maximum absolute atomic E-state index is 12.5. The highest BCUT2D eigenvalue weighted by Crippen LogP contribution is 2.42. The van der Waals surface area contributed by atoms with Crippen LogP contribution in [0.15, 0.2) is 30.3 Å². The lowest BCUT2D eigenvalue weighted by Gasteiger charge is -2.44. The SMILES string of the molecule is C[C@H]1CN(C(=O)Nc2ccccc2)CC[C@]12CC[C@H](C(=O)N(C)C)O2. The van der Waals surface area contributed by atoms with E-state index in [0.29, 0.717) is 13.1 Å². The van der Waals surface area contributed by atoms with Gasteiger partial charge in [-0.05, 0) is 31.4 Å². The molecule has 0 saturated carbocycles. The second kappa shape index (κ2) is 7.04. The molecule has 1 aromatic carbocycles. The molecule has 3 atom stereocenters. The fourth-order valence-corrected chi connectivity index (χ4v) is 3.85. The summed E-state index contributed by atoms with van der Waals surface area (Å²) < 4.78 is 6.22. The average Bonchev–Trinajstić information content (AvgIpc) is 3.03. The third-order valence-electron chi connectivity index (χ3n) is 5.43. The molecule has 2 heterocycles. The van der Waals surface area contributed by atoms with Gasteiger partial charge in [0.05, 0.1) is 5.60 Å². The lowest BCUT2D eigenvalue weighted by molar-refractivity contribution is -0.153. The smallest absolute Gasteiger partial charge is 0.321 e. The van der Waals surface area contributed by atoms with Gasteiger partial charge in [-0.2, -0.15) is 0 Å². The Morgan fingerprint density at radius 2 is 1.96 bits per heavy atom. The highest BCUT2D eigenvalue weighted by Gasteiger charge is 2.49. The van der Waals surface area contributed by atoms with Gasteiger partial charge in [0.2, 0.25) is 0 Å². The molecule has 3 rings (SSSR count). The highest BCUT2D eigenvalue weighted by atomic mass is 16.5. The van der Waals surface area contributed by atoms with Crippen LogP contribution < -0.4 is 5.32 Å². The van der Waals surface area contributed by atoms with Crippen LogP contribution in [0.2, 0.25) is 0 Å². The number of hydrogen-bond donors (Lipinski definition) is 1. The molecule has 136 valence electrons. The molecule has 25 heavy (non-hydrogen) atoms. The molecule has 0 aromatic heterocycles. The lowest BCUT2D eigenvalue weighted by atomic mass is 9.80. The van der Waals surface area contributed by atoms with Crippen molar-refractivity contribution < 1.29 is 14.3 Å². The predicted molar refractivity (Wildman–Crippen MR) is 96.3 cm³/mol. The summed E-state index contributed by atoms with van der Waals surface area (Å²) in [4.78, 5) is 28.1. The third-order valence-corrected chi connectivity index (χ3v) is 5.43. The van der Waals surface area contributed by atoms with Crippen molar-refractivity contribution in [3.05, 3.63) is 30.3 Å². The van der Waals surface area contributed by atoms with Crippen LogP contribution >= 0.6 is 0 Å². The van der Waals surface area contributed by atoms with Gasteiger partial charge >= 0.3 is 6.03 Å². The van der Waals surface area contributed by atoms with E-state index in [1.54, 1.807) is 19.0 Å². The molecule has 0 bridgehead atoms. The number of nitrogens with zero attached hydrogens (tertiary/aromatic N) is 2. The Labute approximate surface area is 149 Å². The number of anilines is 1. The maximum atomic E-state index is 12.5. The van der Waals surface area contributed by atoms with E-state index in [9.17, 15) is 9.59 Å². The minimum Gasteiger partial charge on any atom is -0.362 e. The number of carbonyl (C=O) groups excluding carboxylic acids is 2. The van der Waals surface area contributed by atoms with Crippen molar-refractivity contribution >= 4 is 17.6 Å². The van der Waals surface area contributed by atoms with E-state index in [1.165, 1.54) is 0 Å². The minimum atomic E-state index is -0.345. The molecule has 2 aliphatic rings. The van der Waals surface area contributed by atoms with Crippen LogP contribution in [0.4, 0.5) is 10.5 Å². The molecule has 2 fully saturated rings. The van der Waals surface area contributed by atoms with Crippen LogP contribution in [0.25, 0.3) is 0 Å². The van der Waals surface area contributed by atoms with Crippen molar-refractivity contribution in [1.29, 1.82) is 0 Å². The van der Waals surface area contributed by atoms with Crippen LogP contribution in [0.3, 0.4) is 0 Å². The fourth-order valence-electron chi connectivity index (χ4n) is 3.85. The van der Waals surface area contributed by atoms with Crippen LogP contribution in [0.5, 0.6) is 0 Å². The molecule has 6 heteroatoms. The van der Waals surface area contributed by atoms with E-state index in [0.717, 1.165) is 24.9 Å². The zero-order chi connectivity index (χ0) is 18.0. The summed E-state index contributed by atoms with van der Waals surface area (Å²) in [5, 5.41) is 2.94. The standard InChI is InChI=1S/C19H27N3O3/c1-14-13-22(18(24)20-15-7-5-4-6-8-15)12-11-19(14)10-9-16(25-19)17(23)21(2)3/h4-8,14,16H,9-13H2,1-3H3,(H,20,24)/t14-,16+,19+/m0/s1. The first-order valence-corrected chi connectivity index (χ1v) is 8.91. The number of benzene rings is 1. The Bertz CT molecular complexity index is 634. The molecular weight excluding hydrogens is 318 g/mol. The minimum absolute atomic E-state index is 0.0355. The monoisotopic (exact) mass is 345 g/mol. The number of ether oxygens (including phenoxy) is 1. The Morgan fingerprint density at radius 1 is 1.24 bits per heavy atom. The van der Waals surface area contributed by atoms with Gasteiger partial charge in [-0.15, -0.1) is 0 Å². The fraction of sp³-hybridized carbons (Fsp3) is 0.579. The number of urea groups is 1. The van der Waals surface area contributed by atoms with Gasteiger partial charge in [0.15, 0.2) is 0 Å². The summed E-state index contributed by atoms with van der Waals surface area (Å²) in [6.07, 6.45) is 2.07. The first-order valence-electron chi connectivity index (χ1n) is 8.91. The van der Waals surface area contributed by atoms with Crippen molar-refractivity contribution in [1.82, 2.24) is 9.80 Å². The molecular formula is C19H27N3O3. The quantitative estimate of drug-likeness (QED) is 0.896. The summed E-state index contributed by atoms with van der Waals surface area (Å²) in [7, 11) is 3.52. The topological polar surface area (TPSA) is 61.9 Å². The molecule has 0 radical (unpaired) electrons. The second-order valence-corrected chi connectivity index (χ2v) is 7.34. The number of amides is 3. The maximum Gasteiger partial charge on any atom is 0.321 e. The van der Waals surface area contributed by atoms with Gasteiger partial charge in [-0.1, -0.05) is 25.1 Å². The van der Waals surface area contributed by atoms with Crippen molar-refractivity contribution in [2.24, 2.45) is 5.92 Å². The summed E-state index contributed by atoms with van der Waals surface area (Å²) >= 11 is 0. The average molecular weight is 345 g/mol. The van der Waals surface area contributed by atoms with Crippen LogP contribution in [0.1, 0.15) is 26.2 Å². The third kappa shape index (κ3) is 3.63. The number of hydrogen-bond acceptors (Lipinski definition) is 3. The first kappa shape index (κ1) is 17.7. The summed E-state index contributed by atoms with van der Waals surface area (Å²) in [6, 6.07) is 9.40. The summed E-state index contributed by atoms with van der Waals surface area (Å²) in [5.74, 6) is 0.232. The number of piperidine rings is 1. The molecule has 0 unspecified atom stereocenters. The highest BCUT2D eigenvalue weighted by molar-refractivity contribution is 5.89. The van der Waals surface area contributed by atoms with Gasteiger partial charge < -0.3 is 19.9 Å². The number of para-hydroxylation sites is 1. The summed E-state index contributed by atoms with van der Waals surface area (Å²) in [6.45, 7) is 3.40. The predicted octanol–water partition coefficient (Wildman–Crippen LogP) is 2.57. The molecule has 3 amide bonds. The number of likely N-dealkylation sites (tertiary alicyclic amines) is 1. The van der Waals surface area contributed by atoms with Gasteiger partial charge in [0.1, 0.15) is 6.10 Å². The van der Waals surface area contributed by atoms with Crippen LogP contribution in [0, 0.1) is 5.92 Å². The molecule has 1 N–H and O–H groups in total. The molecule has 6 nitrogen and oxygen atoms in total. The summed E-state index contributed by atoms with van der Waals surface area (Å²) in [5.41, 5.74) is 0.522. The Morgan fingerprint density at radius 3 is 2.60 bits per heavy atom. The molecule has 1 aromatic rings. The van der Waals surface area contributed by atoms with E-state index in [4.69, 9.17) is 4.74 Å². The Balaban J connectivity index is 1.59. The van der Waals surface area contributed by atoms with E-state index in [-0.39, 0.29) is 29.6 Å². The molecule has 0 aliphatic carbocycles. The van der Waals surface area contributed by atoms with Gasteiger partial charge in [-0.25, -0.2) is 4.79 Å². The Kier molecular flexibility index (Phi) is 4.99. The normalized spacial score (nSPS) is 28.8. The zero-order valence-corrected chi connectivity index (χ0v) is 15.2. The Hall–Kier alpha value is -2.08. The van der Waals surface area contributed by atoms with E-state index in [2.05, 4.69) is 12.2 Å². The van der Waals surface area contributed by atoms with Gasteiger partial charge in [0, 0.05) is 38.8 Å². The van der Waals surface area contributed by atoms with Crippen molar-refractivity contribution in [3.8, 4) is 0 Å².